The number of benzene rings is 1. The molecule has 1 aliphatic rings. The predicted molar refractivity (Wildman–Crippen MR) is 98.8 cm³/mol. The molecule has 0 aliphatic heterocycles. The molecule has 1 aromatic rings. The molecule has 0 heterocycles. The van der Waals surface area contributed by atoms with Crippen LogP contribution in [0.15, 0.2) is 22.7 Å². The van der Waals surface area contributed by atoms with E-state index < -0.39 is 5.60 Å². The number of nitrogens with one attached hydrogen (secondary N) is 1. The number of hydrogen-bond acceptors (Lipinski definition) is 3. The van der Waals surface area contributed by atoms with E-state index in [2.05, 4.69) is 42.0 Å². The minimum atomic E-state index is -1.28. The highest BCUT2D eigenvalue weighted by atomic mass is 79.9. The monoisotopic (exact) mass is 397 g/mol. The Balaban J connectivity index is 2.00. The van der Waals surface area contributed by atoms with E-state index in [1.165, 1.54) is 0 Å². The van der Waals surface area contributed by atoms with Crippen LogP contribution in [0.4, 0.5) is 0 Å². The molecule has 3 atom stereocenters. The first-order chi connectivity index (χ1) is 11.2. The van der Waals surface area contributed by atoms with Gasteiger partial charge >= 0.3 is 0 Å². The zero-order valence-corrected chi connectivity index (χ0v) is 16.3. The van der Waals surface area contributed by atoms with Gasteiger partial charge in [-0.05, 0) is 60.8 Å². The molecule has 5 heteroatoms. The topological polar surface area (TPSA) is 69.6 Å². The number of amides is 1. The Hall–Kier alpha value is -1.07. The lowest BCUT2D eigenvalue weighted by Crippen LogP contribution is -2.56. The van der Waals surface area contributed by atoms with Crippen LogP contribution in [0.25, 0.3) is 0 Å². The van der Waals surface area contributed by atoms with E-state index in [9.17, 15) is 15.0 Å². The summed E-state index contributed by atoms with van der Waals surface area (Å²) in [4.78, 5) is 12.7. The Kier molecular flexibility index (Phi) is 6.32. The molecule has 1 amide bonds. The first-order valence-corrected chi connectivity index (χ1v) is 9.51. The number of halogens is 1. The number of phenolic OH excluding ortho intramolecular Hbond substituents is 1. The Morgan fingerprint density at radius 1 is 1.42 bits per heavy atom. The second-order valence-corrected chi connectivity index (χ2v) is 8.30. The molecule has 0 aromatic heterocycles. The summed E-state index contributed by atoms with van der Waals surface area (Å²) in [7, 11) is 0. The van der Waals surface area contributed by atoms with Crippen molar-refractivity contribution in [1.29, 1.82) is 0 Å². The molecule has 1 aliphatic carbocycles. The highest BCUT2D eigenvalue weighted by Gasteiger charge is 2.48. The summed E-state index contributed by atoms with van der Waals surface area (Å²) < 4.78 is 0.902. The van der Waals surface area contributed by atoms with Crippen LogP contribution in [0.3, 0.4) is 0 Å². The fourth-order valence-electron chi connectivity index (χ4n) is 3.85. The van der Waals surface area contributed by atoms with Crippen LogP contribution < -0.4 is 5.32 Å². The molecule has 2 rings (SSSR count). The van der Waals surface area contributed by atoms with Gasteiger partial charge < -0.3 is 15.5 Å². The molecule has 24 heavy (non-hydrogen) atoms. The third-order valence-corrected chi connectivity index (χ3v) is 5.92. The Labute approximate surface area is 152 Å². The van der Waals surface area contributed by atoms with Crippen molar-refractivity contribution in [1.82, 2.24) is 5.32 Å². The fraction of sp³-hybridized carbons (Fsp3) is 0.632. The van der Waals surface area contributed by atoms with Crippen molar-refractivity contribution in [2.75, 3.05) is 6.54 Å². The van der Waals surface area contributed by atoms with Gasteiger partial charge in [-0.2, -0.15) is 0 Å². The molecule has 0 saturated heterocycles. The highest BCUT2D eigenvalue weighted by molar-refractivity contribution is 9.10. The van der Waals surface area contributed by atoms with E-state index in [0.29, 0.717) is 25.3 Å². The van der Waals surface area contributed by atoms with Gasteiger partial charge in [-0.3, -0.25) is 4.79 Å². The van der Waals surface area contributed by atoms with Gasteiger partial charge in [-0.15, -0.1) is 0 Å². The van der Waals surface area contributed by atoms with Crippen LogP contribution in [0.5, 0.6) is 5.75 Å². The van der Waals surface area contributed by atoms with Gasteiger partial charge in [0.15, 0.2) is 0 Å². The second-order valence-electron chi connectivity index (χ2n) is 7.44. The number of aromatic hydroxyl groups is 1. The smallest absolute Gasteiger partial charge is 0.252 e. The first-order valence-electron chi connectivity index (χ1n) is 8.72. The lowest BCUT2D eigenvalue weighted by atomic mass is 9.66. The standard InChI is InChI=1S/C19H28BrNO3/c1-12(2)16-6-4-13(3)11-19(16,24)18(23)21-9-8-14-10-15(22)5-7-17(14)20/h5,7,10,12-13,16,22,24H,4,6,8-9,11H2,1-3H3,(H,21,23)/t13-,16+,19+/m1/s1. The molecule has 1 saturated carbocycles. The van der Waals surface area contributed by atoms with Crippen molar-refractivity contribution in [2.45, 2.75) is 52.1 Å². The van der Waals surface area contributed by atoms with Crippen molar-refractivity contribution in [3.8, 4) is 5.75 Å². The van der Waals surface area contributed by atoms with E-state index in [1.807, 2.05) is 0 Å². The Morgan fingerprint density at radius 3 is 2.79 bits per heavy atom. The minimum absolute atomic E-state index is 0.00112. The number of carbonyl (C=O) groups is 1. The van der Waals surface area contributed by atoms with Crippen molar-refractivity contribution >= 4 is 21.8 Å². The van der Waals surface area contributed by atoms with E-state index in [0.717, 1.165) is 22.9 Å². The summed E-state index contributed by atoms with van der Waals surface area (Å²) in [5.74, 6) is 0.578. The average molecular weight is 398 g/mol. The van der Waals surface area contributed by atoms with E-state index in [4.69, 9.17) is 0 Å². The zero-order valence-electron chi connectivity index (χ0n) is 14.7. The predicted octanol–water partition coefficient (Wildman–Crippen LogP) is 3.64. The van der Waals surface area contributed by atoms with Crippen LogP contribution in [0, 0.1) is 17.8 Å². The largest absolute Gasteiger partial charge is 0.508 e. The fourth-order valence-corrected chi connectivity index (χ4v) is 4.29. The number of aliphatic hydroxyl groups is 1. The van der Waals surface area contributed by atoms with E-state index in [1.54, 1.807) is 18.2 Å². The third-order valence-electron chi connectivity index (χ3n) is 5.15. The van der Waals surface area contributed by atoms with Gasteiger partial charge in [0, 0.05) is 11.0 Å². The summed E-state index contributed by atoms with van der Waals surface area (Å²) in [6.07, 6.45) is 3.08. The molecule has 3 N–H and O–H groups in total. The SMILES string of the molecule is CC(C)[C@@H]1CC[C@@H](C)C[C@@]1(O)C(=O)NCCc1cc(O)ccc1Br. The second kappa shape index (κ2) is 7.87. The minimum Gasteiger partial charge on any atom is -0.508 e. The van der Waals surface area contributed by atoms with Crippen molar-refractivity contribution < 1.29 is 15.0 Å². The quantitative estimate of drug-likeness (QED) is 0.710. The molecular weight excluding hydrogens is 370 g/mol. The lowest BCUT2D eigenvalue weighted by Gasteiger charge is -2.43. The molecular formula is C19H28BrNO3. The first kappa shape index (κ1) is 19.3. The number of hydrogen-bond donors (Lipinski definition) is 3. The summed E-state index contributed by atoms with van der Waals surface area (Å²) >= 11 is 3.45. The molecule has 0 radical (unpaired) electrons. The maximum absolute atomic E-state index is 12.7. The van der Waals surface area contributed by atoms with Gasteiger partial charge in [0.25, 0.3) is 5.91 Å². The van der Waals surface area contributed by atoms with Gasteiger partial charge in [-0.25, -0.2) is 0 Å². The number of carbonyl (C=O) groups excluding carboxylic acids is 1. The normalized spacial score (nSPS) is 27.2. The van der Waals surface area contributed by atoms with E-state index in [-0.39, 0.29) is 23.5 Å². The lowest BCUT2D eigenvalue weighted by molar-refractivity contribution is -0.155. The van der Waals surface area contributed by atoms with Gasteiger partial charge in [0.05, 0.1) is 0 Å². The zero-order chi connectivity index (χ0) is 17.9. The molecule has 1 fully saturated rings. The van der Waals surface area contributed by atoms with Gasteiger partial charge in [0.2, 0.25) is 0 Å². The summed E-state index contributed by atoms with van der Waals surface area (Å²) in [6, 6.07) is 5.09. The van der Waals surface area contributed by atoms with Gasteiger partial charge in [-0.1, -0.05) is 43.1 Å². The summed E-state index contributed by atoms with van der Waals surface area (Å²) in [5, 5.41) is 23.5. The molecule has 0 unspecified atom stereocenters. The highest BCUT2D eigenvalue weighted by Crippen LogP contribution is 2.41. The maximum Gasteiger partial charge on any atom is 0.252 e. The van der Waals surface area contributed by atoms with Gasteiger partial charge in [0.1, 0.15) is 11.4 Å². The Bertz CT molecular complexity index is 590. The van der Waals surface area contributed by atoms with Crippen molar-refractivity contribution in [2.24, 2.45) is 17.8 Å². The van der Waals surface area contributed by atoms with E-state index >= 15 is 0 Å². The molecule has 0 bridgehead atoms. The van der Waals surface area contributed by atoms with Crippen LogP contribution in [0.1, 0.15) is 45.6 Å². The van der Waals surface area contributed by atoms with Crippen LogP contribution in [0.2, 0.25) is 0 Å². The van der Waals surface area contributed by atoms with Crippen molar-refractivity contribution in [3.63, 3.8) is 0 Å². The number of rotatable bonds is 5. The Morgan fingerprint density at radius 2 is 2.12 bits per heavy atom. The van der Waals surface area contributed by atoms with Crippen LogP contribution in [-0.2, 0) is 11.2 Å². The summed E-state index contributed by atoms with van der Waals surface area (Å²) in [6.45, 7) is 6.67. The van der Waals surface area contributed by atoms with Crippen LogP contribution >= 0.6 is 15.9 Å². The molecule has 1 aromatic carbocycles. The summed E-state index contributed by atoms with van der Waals surface area (Å²) in [5.41, 5.74) is -0.346. The number of phenols is 1. The molecule has 134 valence electrons. The average Bonchev–Trinajstić information content (AvgIpc) is 2.50. The third kappa shape index (κ3) is 4.31. The molecule has 4 nitrogen and oxygen atoms in total. The van der Waals surface area contributed by atoms with Crippen LogP contribution in [-0.4, -0.2) is 28.3 Å². The maximum atomic E-state index is 12.7. The molecule has 0 spiro atoms. The van der Waals surface area contributed by atoms with Crippen molar-refractivity contribution in [3.05, 3.63) is 28.2 Å².